The molecule has 8 nitrogen and oxygen atoms in total. The van der Waals surface area contributed by atoms with Gasteiger partial charge in [-0.05, 0) is 29.7 Å². The molecule has 0 atom stereocenters. The van der Waals surface area contributed by atoms with Crippen LogP contribution < -0.4 is 0 Å². The molecule has 134 valence electrons. The first-order valence-electron chi connectivity index (χ1n) is 7.83. The SMILES string of the molecule is O=C(OCc1nnc(-c2ccc([N+](=O)[O-])cc2)o1)c1cc2ccccc2s1. The van der Waals surface area contributed by atoms with Crippen LogP contribution in [0.15, 0.2) is 59.0 Å². The van der Waals surface area contributed by atoms with Crippen LogP contribution in [-0.2, 0) is 11.3 Å². The number of esters is 1. The summed E-state index contributed by atoms with van der Waals surface area (Å²) in [6, 6.07) is 15.2. The fourth-order valence-electron chi connectivity index (χ4n) is 2.44. The third-order valence-corrected chi connectivity index (χ3v) is 4.84. The lowest BCUT2D eigenvalue weighted by atomic mass is 10.2. The smallest absolute Gasteiger partial charge is 0.348 e. The number of carbonyl (C=O) groups is 1. The van der Waals surface area contributed by atoms with Gasteiger partial charge in [0.05, 0.1) is 4.92 Å². The molecule has 0 spiro atoms. The molecule has 2 aromatic carbocycles. The molecule has 27 heavy (non-hydrogen) atoms. The van der Waals surface area contributed by atoms with E-state index >= 15 is 0 Å². The zero-order valence-electron chi connectivity index (χ0n) is 13.7. The number of nitro benzene ring substituents is 1. The molecule has 2 heterocycles. The topological polar surface area (TPSA) is 108 Å². The maximum Gasteiger partial charge on any atom is 0.348 e. The molecule has 0 fully saturated rings. The van der Waals surface area contributed by atoms with E-state index in [0.29, 0.717) is 10.4 Å². The molecule has 2 aromatic heterocycles. The van der Waals surface area contributed by atoms with Crippen LogP contribution in [0.25, 0.3) is 21.5 Å². The van der Waals surface area contributed by atoms with Gasteiger partial charge in [0.1, 0.15) is 4.88 Å². The van der Waals surface area contributed by atoms with Gasteiger partial charge >= 0.3 is 5.97 Å². The second-order valence-corrected chi connectivity index (χ2v) is 6.61. The van der Waals surface area contributed by atoms with Gasteiger partial charge in [0, 0.05) is 22.4 Å². The molecule has 0 aliphatic heterocycles. The fraction of sp³-hybridized carbons (Fsp3) is 0.0556. The summed E-state index contributed by atoms with van der Waals surface area (Å²) >= 11 is 1.35. The molecule has 0 radical (unpaired) electrons. The van der Waals surface area contributed by atoms with Gasteiger partial charge in [-0.15, -0.1) is 21.5 Å². The normalized spacial score (nSPS) is 10.8. The van der Waals surface area contributed by atoms with Gasteiger partial charge in [-0.25, -0.2) is 4.79 Å². The van der Waals surface area contributed by atoms with Gasteiger partial charge in [-0.1, -0.05) is 18.2 Å². The van der Waals surface area contributed by atoms with E-state index in [0.717, 1.165) is 10.1 Å². The first-order chi connectivity index (χ1) is 13.1. The second kappa shape index (κ2) is 6.96. The molecule has 0 saturated carbocycles. The van der Waals surface area contributed by atoms with Crippen LogP contribution in [0, 0.1) is 10.1 Å². The number of aromatic nitrogens is 2. The number of rotatable bonds is 5. The van der Waals surface area contributed by atoms with E-state index in [1.165, 1.54) is 35.6 Å². The maximum atomic E-state index is 12.2. The molecule has 0 saturated heterocycles. The number of benzene rings is 2. The minimum absolute atomic E-state index is 0.0317. The number of hydrogen-bond acceptors (Lipinski definition) is 8. The van der Waals surface area contributed by atoms with Gasteiger partial charge in [-0.3, -0.25) is 10.1 Å². The van der Waals surface area contributed by atoms with Gasteiger partial charge in [-0.2, -0.15) is 0 Å². The molecule has 0 bridgehead atoms. The van der Waals surface area contributed by atoms with Crippen molar-refractivity contribution in [2.75, 3.05) is 0 Å². The Hall–Kier alpha value is -3.59. The van der Waals surface area contributed by atoms with E-state index in [2.05, 4.69) is 10.2 Å². The Balaban J connectivity index is 1.43. The highest BCUT2D eigenvalue weighted by molar-refractivity contribution is 7.20. The third kappa shape index (κ3) is 3.53. The van der Waals surface area contributed by atoms with Crippen LogP contribution >= 0.6 is 11.3 Å². The van der Waals surface area contributed by atoms with Crippen LogP contribution in [0.5, 0.6) is 0 Å². The standard InChI is InChI=1S/C18H11N3O5S/c22-18(15-9-12-3-1-2-4-14(12)27-15)25-10-16-19-20-17(26-16)11-5-7-13(8-6-11)21(23)24/h1-9H,10H2. The lowest BCUT2D eigenvalue weighted by molar-refractivity contribution is -0.384. The molecular weight excluding hydrogens is 370 g/mol. The summed E-state index contributed by atoms with van der Waals surface area (Å²) in [5.74, 6) is -0.137. The monoisotopic (exact) mass is 381 g/mol. The Bertz CT molecular complexity index is 1100. The minimum atomic E-state index is -0.490. The highest BCUT2D eigenvalue weighted by atomic mass is 32.1. The van der Waals surface area contributed by atoms with E-state index in [-0.39, 0.29) is 24.1 Å². The van der Waals surface area contributed by atoms with Crippen molar-refractivity contribution in [1.82, 2.24) is 10.2 Å². The predicted molar refractivity (Wildman–Crippen MR) is 97.3 cm³/mol. The number of ether oxygens (including phenoxy) is 1. The molecule has 0 aliphatic carbocycles. The summed E-state index contributed by atoms with van der Waals surface area (Å²) in [4.78, 5) is 22.9. The molecule has 0 aliphatic rings. The molecule has 0 unspecified atom stereocenters. The molecule has 0 amide bonds. The minimum Gasteiger partial charge on any atom is -0.451 e. The van der Waals surface area contributed by atoms with E-state index in [4.69, 9.17) is 9.15 Å². The van der Waals surface area contributed by atoms with Crippen molar-refractivity contribution < 1.29 is 18.9 Å². The molecule has 0 N–H and O–H groups in total. The predicted octanol–water partition coefficient (Wildman–Crippen LogP) is 4.22. The van der Waals surface area contributed by atoms with Crippen LogP contribution in [0.2, 0.25) is 0 Å². The summed E-state index contributed by atoms with van der Waals surface area (Å²) in [6.45, 7) is -0.160. The fourth-order valence-corrected chi connectivity index (χ4v) is 3.39. The quantitative estimate of drug-likeness (QED) is 0.289. The zero-order chi connectivity index (χ0) is 18.8. The number of hydrogen-bond donors (Lipinski definition) is 0. The van der Waals surface area contributed by atoms with Crippen LogP contribution in [-0.4, -0.2) is 21.1 Å². The van der Waals surface area contributed by atoms with E-state index in [1.807, 2.05) is 24.3 Å². The summed E-state index contributed by atoms with van der Waals surface area (Å²) < 4.78 is 11.7. The number of fused-ring (bicyclic) bond motifs is 1. The van der Waals surface area contributed by atoms with Gasteiger partial charge in [0.15, 0.2) is 6.61 Å². The lowest BCUT2D eigenvalue weighted by Gasteiger charge is -1.98. The first kappa shape index (κ1) is 16.9. The summed E-state index contributed by atoms with van der Waals surface area (Å²) in [5, 5.41) is 19.4. The largest absolute Gasteiger partial charge is 0.451 e. The van der Waals surface area contributed by atoms with Gasteiger partial charge < -0.3 is 9.15 Å². The van der Waals surface area contributed by atoms with Crippen molar-refractivity contribution in [2.24, 2.45) is 0 Å². The van der Waals surface area contributed by atoms with E-state index in [9.17, 15) is 14.9 Å². The van der Waals surface area contributed by atoms with Crippen molar-refractivity contribution in [3.8, 4) is 11.5 Å². The summed E-state index contributed by atoms with van der Waals surface area (Å²) in [7, 11) is 0. The number of nitrogens with zero attached hydrogens (tertiary/aromatic N) is 3. The van der Waals surface area contributed by atoms with Crippen molar-refractivity contribution in [2.45, 2.75) is 6.61 Å². The molecule has 4 aromatic rings. The average Bonchev–Trinajstić information content (AvgIpc) is 3.33. The Morgan fingerprint density at radius 3 is 2.67 bits per heavy atom. The highest BCUT2D eigenvalue weighted by Crippen LogP contribution is 2.26. The van der Waals surface area contributed by atoms with Crippen molar-refractivity contribution in [1.29, 1.82) is 0 Å². The lowest BCUT2D eigenvalue weighted by Crippen LogP contribution is -2.03. The number of non-ortho nitro benzene ring substituents is 1. The second-order valence-electron chi connectivity index (χ2n) is 5.53. The zero-order valence-corrected chi connectivity index (χ0v) is 14.5. The van der Waals surface area contributed by atoms with Gasteiger partial charge in [0.25, 0.3) is 11.6 Å². The molecule has 4 rings (SSSR count). The van der Waals surface area contributed by atoms with Crippen molar-refractivity contribution in [3.63, 3.8) is 0 Å². The van der Waals surface area contributed by atoms with E-state index < -0.39 is 10.9 Å². The third-order valence-electron chi connectivity index (χ3n) is 3.75. The van der Waals surface area contributed by atoms with Gasteiger partial charge in [0.2, 0.25) is 5.89 Å². The first-order valence-corrected chi connectivity index (χ1v) is 8.65. The average molecular weight is 381 g/mol. The Morgan fingerprint density at radius 2 is 1.93 bits per heavy atom. The van der Waals surface area contributed by atoms with Crippen molar-refractivity contribution >= 4 is 33.1 Å². The molecule has 9 heteroatoms. The summed E-state index contributed by atoms with van der Waals surface area (Å²) in [5.41, 5.74) is 0.505. The number of thiophene rings is 1. The Kier molecular flexibility index (Phi) is 4.35. The van der Waals surface area contributed by atoms with Crippen LogP contribution in [0.3, 0.4) is 0 Å². The van der Waals surface area contributed by atoms with Crippen LogP contribution in [0.1, 0.15) is 15.6 Å². The summed E-state index contributed by atoms with van der Waals surface area (Å²) in [6.07, 6.45) is 0. The maximum absolute atomic E-state index is 12.2. The Morgan fingerprint density at radius 1 is 1.15 bits per heavy atom. The van der Waals surface area contributed by atoms with E-state index in [1.54, 1.807) is 6.07 Å². The molecular formula is C18H11N3O5S. The van der Waals surface area contributed by atoms with Crippen molar-refractivity contribution in [3.05, 3.63) is 75.5 Å². The van der Waals surface area contributed by atoms with Crippen LogP contribution in [0.4, 0.5) is 5.69 Å². The number of carbonyl (C=O) groups excluding carboxylic acids is 1. The highest BCUT2D eigenvalue weighted by Gasteiger charge is 2.15. The number of nitro groups is 1. The Labute approximate surface area is 156 Å².